The summed E-state index contributed by atoms with van der Waals surface area (Å²) in [5.74, 6) is -0.156. The van der Waals surface area contributed by atoms with Gasteiger partial charge in [0.1, 0.15) is 12.9 Å². The average Bonchev–Trinajstić information content (AvgIpc) is 3.21. The first-order chi connectivity index (χ1) is 12.6. The molecule has 26 heavy (non-hydrogen) atoms. The van der Waals surface area contributed by atoms with Crippen LogP contribution in [0.3, 0.4) is 0 Å². The highest BCUT2D eigenvalue weighted by Crippen LogP contribution is 2.24. The van der Waals surface area contributed by atoms with E-state index in [1.54, 1.807) is 11.0 Å². The second kappa shape index (κ2) is 6.86. The summed E-state index contributed by atoms with van der Waals surface area (Å²) in [6.45, 7) is 2.20. The molecule has 0 aliphatic rings. The molecular weight excluding hydrogens is 364 g/mol. The number of rotatable bonds is 4. The van der Waals surface area contributed by atoms with Crippen LogP contribution in [0.1, 0.15) is 5.56 Å². The first-order valence-electron chi connectivity index (χ1n) is 8.09. The Morgan fingerprint density at radius 3 is 2.77 bits per heavy atom. The molecule has 7 heteroatoms. The lowest BCUT2D eigenvalue weighted by Crippen LogP contribution is -2.26. The van der Waals surface area contributed by atoms with E-state index in [1.165, 1.54) is 16.9 Å². The molecule has 0 saturated carbocycles. The number of para-hydroxylation sites is 2. The highest BCUT2D eigenvalue weighted by Gasteiger charge is 2.12. The number of fused-ring (bicyclic) bond motifs is 1. The number of carbonyl (C=O) groups excluding carboxylic acids is 1. The number of hydrogen-bond donors (Lipinski definition) is 1. The van der Waals surface area contributed by atoms with Crippen LogP contribution in [0.15, 0.2) is 60.2 Å². The van der Waals surface area contributed by atoms with Crippen molar-refractivity contribution in [1.29, 1.82) is 0 Å². The van der Waals surface area contributed by atoms with E-state index in [1.807, 2.05) is 53.3 Å². The van der Waals surface area contributed by atoms with Gasteiger partial charge in [-0.1, -0.05) is 42.0 Å². The number of aryl methyl sites for hydroxylation is 1. The summed E-state index contributed by atoms with van der Waals surface area (Å²) in [6.07, 6.45) is 1.61. The van der Waals surface area contributed by atoms with Crippen LogP contribution in [-0.4, -0.2) is 20.1 Å². The van der Waals surface area contributed by atoms with Crippen LogP contribution >= 0.6 is 23.6 Å². The highest BCUT2D eigenvalue weighted by atomic mass is 32.1. The Hall–Kier alpha value is -2.77. The van der Waals surface area contributed by atoms with E-state index in [0.29, 0.717) is 3.95 Å². The van der Waals surface area contributed by atoms with Gasteiger partial charge in [-0.25, -0.2) is 9.66 Å². The van der Waals surface area contributed by atoms with E-state index in [0.717, 1.165) is 22.3 Å². The molecule has 5 nitrogen and oxygen atoms in total. The van der Waals surface area contributed by atoms with Crippen molar-refractivity contribution in [3.05, 3.63) is 69.8 Å². The van der Waals surface area contributed by atoms with Gasteiger partial charge in [-0.15, -0.1) is 11.3 Å². The molecule has 0 atom stereocenters. The number of imidazole rings is 1. The third-order valence-corrected chi connectivity index (χ3v) is 5.40. The fourth-order valence-electron chi connectivity index (χ4n) is 2.79. The summed E-state index contributed by atoms with van der Waals surface area (Å²) in [6, 6.07) is 15.8. The number of thiazole rings is 1. The molecule has 4 aromatic rings. The van der Waals surface area contributed by atoms with Crippen LogP contribution in [0.5, 0.6) is 0 Å². The third kappa shape index (κ3) is 3.18. The number of nitrogens with zero attached hydrogens (tertiary/aromatic N) is 3. The zero-order chi connectivity index (χ0) is 18.1. The maximum atomic E-state index is 12.6. The molecule has 0 radical (unpaired) electrons. The summed E-state index contributed by atoms with van der Waals surface area (Å²) >= 11 is 6.89. The molecule has 130 valence electrons. The first-order valence-corrected chi connectivity index (χ1v) is 9.38. The summed E-state index contributed by atoms with van der Waals surface area (Å²) < 4.78 is 4.17. The van der Waals surface area contributed by atoms with Crippen LogP contribution in [0.25, 0.3) is 22.3 Å². The van der Waals surface area contributed by atoms with Crippen LogP contribution in [-0.2, 0) is 11.3 Å². The maximum absolute atomic E-state index is 12.6. The smallest absolute Gasteiger partial charge is 0.258 e. The molecule has 0 aliphatic heterocycles. The summed E-state index contributed by atoms with van der Waals surface area (Å²) in [7, 11) is 0. The Kier molecular flexibility index (Phi) is 4.40. The molecule has 0 fully saturated rings. The van der Waals surface area contributed by atoms with E-state index in [2.05, 4.69) is 22.5 Å². The Labute approximate surface area is 159 Å². The predicted molar refractivity (Wildman–Crippen MR) is 107 cm³/mol. The van der Waals surface area contributed by atoms with Crippen LogP contribution in [0.2, 0.25) is 0 Å². The standard InChI is InChI=1S/C19H16N4OS2/c1-13-6-8-14(9-7-13)17-11-26-19(25)22(17)10-18(24)21-23-12-20-15-4-2-3-5-16(15)23/h2-9,11-12H,10H2,1H3,(H,21,24). The first kappa shape index (κ1) is 16.7. The Morgan fingerprint density at radius 1 is 1.19 bits per heavy atom. The SMILES string of the molecule is Cc1ccc(-c2csc(=S)n2CC(=O)Nn2cnc3ccccc32)cc1. The van der Waals surface area contributed by atoms with E-state index in [4.69, 9.17) is 12.2 Å². The Bertz CT molecular complexity index is 1140. The zero-order valence-corrected chi connectivity index (χ0v) is 15.7. The van der Waals surface area contributed by atoms with Crippen molar-refractivity contribution >= 4 is 40.5 Å². The molecule has 2 aromatic heterocycles. The molecule has 0 aliphatic carbocycles. The molecular formula is C19H16N4OS2. The summed E-state index contributed by atoms with van der Waals surface area (Å²) in [4.78, 5) is 16.9. The monoisotopic (exact) mass is 380 g/mol. The van der Waals surface area contributed by atoms with Crippen molar-refractivity contribution in [3.8, 4) is 11.3 Å². The van der Waals surface area contributed by atoms with Gasteiger partial charge in [0.15, 0.2) is 3.95 Å². The molecule has 0 saturated heterocycles. The lowest BCUT2D eigenvalue weighted by molar-refractivity contribution is -0.117. The number of carbonyl (C=O) groups is 1. The van der Waals surface area contributed by atoms with Gasteiger partial charge in [-0.3, -0.25) is 10.2 Å². The number of hydrogen-bond acceptors (Lipinski definition) is 4. The fourth-order valence-corrected chi connectivity index (χ4v) is 3.86. The largest absolute Gasteiger partial charge is 0.313 e. The fraction of sp³-hybridized carbons (Fsp3) is 0.105. The van der Waals surface area contributed by atoms with Gasteiger partial charge >= 0.3 is 0 Å². The average molecular weight is 380 g/mol. The van der Waals surface area contributed by atoms with Crippen LogP contribution in [0, 0.1) is 10.9 Å². The van der Waals surface area contributed by atoms with E-state index in [9.17, 15) is 4.79 Å². The summed E-state index contributed by atoms with van der Waals surface area (Å²) in [5.41, 5.74) is 7.75. The molecule has 1 N–H and O–H groups in total. The van der Waals surface area contributed by atoms with Crippen molar-refractivity contribution in [2.75, 3.05) is 5.43 Å². The molecule has 4 rings (SSSR count). The van der Waals surface area contributed by atoms with Gasteiger partial charge in [0.2, 0.25) is 0 Å². The second-order valence-corrected chi connectivity index (χ2v) is 7.48. The maximum Gasteiger partial charge on any atom is 0.258 e. The minimum atomic E-state index is -0.156. The van der Waals surface area contributed by atoms with E-state index >= 15 is 0 Å². The number of nitrogens with one attached hydrogen (secondary N) is 1. The van der Waals surface area contributed by atoms with Crippen molar-refractivity contribution < 1.29 is 4.79 Å². The molecule has 1 amide bonds. The molecule has 0 bridgehead atoms. The summed E-state index contributed by atoms with van der Waals surface area (Å²) in [5, 5.41) is 1.99. The molecule has 2 aromatic carbocycles. The quantitative estimate of drug-likeness (QED) is 0.535. The van der Waals surface area contributed by atoms with Crippen molar-refractivity contribution in [2.24, 2.45) is 0 Å². The number of benzene rings is 2. The van der Waals surface area contributed by atoms with Crippen LogP contribution < -0.4 is 5.43 Å². The normalized spacial score (nSPS) is 11.0. The minimum Gasteiger partial charge on any atom is -0.313 e. The predicted octanol–water partition coefficient (Wildman–Crippen LogP) is 4.37. The van der Waals surface area contributed by atoms with Crippen molar-refractivity contribution in [1.82, 2.24) is 14.2 Å². The Balaban J connectivity index is 1.59. The molecule has 0 unspecified atom stereocenters. The molecule has 2 heterocycles. The zero-order valence-electron chi connectivity index (χ0n) is 14.0. The number of aromatic nitrogens is 3. The van der Waals surface area contributed by atoms with Crippen molar-refractivity contribution in [2.45, 2.75) is 13.5 Å². The molecule has 0 spiro atoms. The van der Waals surface area contributed by atoms with Gasteiger partial charge in [0.05, 0.1) is 16.7 Å². The highest BCUT2D eigenvalue weighted by molar-refractivity contribution is 7.73. The van der Waals surface area contributed by atoms with Crippen molar-refractivity contribution in [3.63, 3.8) is 0 Å². The lowest BCUT2D eigenvalue weighted by atomic mass is 10.1. The van der Waals surface area contributed by atoms with E-state index in [-0.39, 0.29) is 12.5 Å². The second-order valence-electron chi connectivity index (χ2n) is 5.98. The van der Waals surface area contributed by atoms with Crippen LogP contribution in [0.4, 0.5) is 0 Å². The van der Waals surface area contributed by atoms with Gasteiger partial charge in [-0.2, -0.15) is 0 Å². The van der Waals surface area contributed by atoms with Gasteiger partial charge in [0.25, 0.3) is 5.91 Å². The third-order valence-electron chi connectivity index (χ3n) is 4.13. The lowest BCUT2D eigenvalue weighted by Gasteiger charge is -2.11. The Morgan fingerprint density at radius 2 is 1.96 bits per heavy atom. The van der Waals surface area contributed by atoms with Gasteiger partial charge in [0, 0.05) is 5.38 Å². The van der Waals surface area contributed by atoms with Gasteiger partial charge < -0.3 is 4.57 Å². The topological polar surface area (TPSA) is 51.9 Å². The van der Waals surface area contributed by atoms with Gasteiger partial charge in [-0.05, 0) is 36.8 Å². The number of amides is 1. The van der Waals surface area contributed by atoms with E-state index < -0.39 is 0 Å². The minimum absolute atomic E-state index is 0.151.